The van der Waals surface area contributed by atoms with Gasteiger partial charge in [0.25, 0.3) is 0 Å². The second-order valence-electron chi connectivity index (χ2n) is 4.85. The molecule has 1 N–H and O–H groups in total. The molecular formula is C14H16F2O2. The van der Waals surface area contributed by atoms with Gasteiger partial charge in [-0.25, -0.2) is 8.78 Å². The van der Waals surface area contributed by atoms with Crippen LogP contribution in [0.5, 0.6) is 0 Å². The van der Waals surface area contributed by atoms with Gasteiger partial charge in [0, 0.05) is 5.56 Å². The third-order valence-corrected chi connectivity index (χ3v) is 3.88. The summed E-state index contributed by atoms with van der Waals surface area (Å²) in [6.45, 7) is -0.961. The second-order valence-corrected chi connectivity index (χ2v) is 4.85. The lowest BCUT2D eigenvalue weighted by Gasteiger charge is -2.34. The van der Waals surface area contributed by atoms with E-state index in [0.717, 1.165) is 19.3 Å². The Kier molecular flexibility index (Phi) is 3.64. The van der Waals surface area contributed by atoms with Crippen LogP contribution >= 0.6 is 0 Å². The van der Waals surface area contributed by atoms with Gasteiger partial charge in [0.2, 0.25) is 0 Å². The number of alkyl halides is 1. The number of carboxylic acids is 1. The number of halogens is 2. The van der Waals surface area contributed by atoms with Gasteiger partial charge in [-0.2, -0.15) is 0 Å². The van der Waals surface area contributed by atoms with Gasteiger partial charge in [-0.05, 0) is 24.5 Å². The van der Waals surface area contributed by atoms with Crippen molar-refractivity contribution >= 4 is 5.97 Å². The van der Waals surface area contributed by atoms with E-state index in [1.54, 1.807) is 6.07 Å². The van der Waals surface area contributed by atoms with Gasteiger partial charge in [0.1, 0.15) is 12.5 Å². The summed E-state index contributed by atoms with van der Waals surface area (Å²) in [5, 5.41) is 9.51. The van der Waals surface area contributed by atoms with E-state index in [4.69, 9.17) is 0 Å². The maximum absolute atomic E-state index is 13.6. The summed E-state index contributed by atoms with van der Waals surface area (Å²) in [4.78, 5) is 11.6. The van der Waals surface area contributed by atoms with Crippen LogP contribution in [0.25, 0.3) is 0 Å². The topological polar surface area (TPSA) is 37.3 Å². The zero-order chi connectivity index (χ0) is 13.2. The Balaban J connectivity index is 2.55. The molecule has 0 unspecified atom stereocenters. The van der Waals surface area contributed by atoms with Crippen LogP contribution in [0.1, 0.15) is 43.2 Å². The number of carbonyl (C=O) groups is 1. The van der Waals surface area contributed by atoms with Gasteiger partial charge >= 0.3 is 5.97 Å². The van der Waals surface area contributed by atoms with Crippen LogP contribution in [0.4, 0.5) is 8.78 Å². The predicted octanol–water partition coefficient (Wildman–Crippen LogP) is 3.58. The van der Waals surface area contributed by atoms with Crippen molar-refractivity contribution in [2.75, 3.05) is 0 Å². The number of aliphatic carboxylic acids is 1. The zero-order valence-corrected chi connectivity index (χ0v) is 10.1. The molecule has 2 rings (SSSR count). The molecule has 0 heterocycles. The molecule has 98 valence electrons. The van der Waals surface area contributed by atoms with E-state index < -0.39 is 23.9 Å². The molecule has 1 aromatic rings. The Morgan fingerprint density at radius 3 is 2.50 bits per heavy atom. The van der Waals surface area contributed by atoms with Crippen molar-refractivity contribution in [1.82, 2.24) is 0 Å². The monoisotopic (exact) mass is 254 g/mol. The number of benzene rings is 1. The van der Waals surface area contributed by atoms with E-state index in [-0.39, 0.29) is 5.56 Å². The molecule has 0 amide bonds. The first-order valence-electron chi connectivity index (χ1n) is 6.19. The lowest BCUT2D eigenvalue weighted by Crippen LogP contribution is -2.38. The Morgan fingerprint density at radius 1 is 1.28 bits per heavy atom. The summed E-state index contributed by atoms with van der Waals surface area (Å²) in [5.74, 6) is -1.62. The van der Waals surface area contributed by atoms with Crippen molar-refractivity contribution in [2.45, 2.75) is 44.2 Å². The van der Waals surface area contributed by atoms with Gasteiger partial charge in [-0.3, -0.25) is 4.79 Å². The molecule has 1 saturated carbocycles. The highest BCUT2D eigenvalue weighted by Gasteiger charge is 2.43. The summed E-state index contributed by atoms with van der Waals surface area (Å²) in [6, 6.07) is 4.19. The molecule has 1 aliphatic carbocycles. The minimum atomic E-state index is -1.11. The normalized spacial score (nSPS) is 18.6. The zero-order valence-electron chi connectivity index (χ0n) is 10.1. The summed E-state index contributed by atoms with van der Waals surface area (Å²) in [5.41, 5.74) is -0.888. The summed E-state index contributed by atoms with van der Waals surface area (Å²) in [7, 11) is 0. The van der Waals surface area contributed by atoms with Crippen molar-refractivity contribution in [3.63, 3.8) is 0 Å². The van der Waals surface area contributed by atoms with Gasteiger partial charge in [-0.1, -0.05) is 31.4 Å². The van der Waals surface area contributed by atoms with Crippen molar-refractivity contribution in [3.8, 4) is 0 Å². The van der Waals surface area contributed by atoms with Crippen molar-refractivity contribution in [3.05, 3.63) is 35.1 Å². The molecule has 4 heteroatoms. The molecular weight excluding hydrogens is 238 g/mol. The number of hydrogen-bond acceptors (Lipinski definition) is 1. The molecule has 18 heavy (non-hydrogen) atoms. The third kappa shape index (κ3) is 2.00. The molecule has 0 spiro atoms. The van der Waals surface area contributed by atoms with Crippen LogP contribution in [-0.4, -0.2) is 11.1 Å². The number of hydrogen-bond donors (Lipinski definition) is 1. The molecule has 2 nitrogen and oxygen atoms in total. The Labute approximate surface area is 105 Å². The smallest absolute Gasteiger partial charge is 0.314 e. The first-order valence-corrected chi connectivity index (χ1v) is 6.19. The molecule has 0 saturated heterocycles. The number of rotatable bonds is 3. The van der Waals surface area contributed by atoms with Crippen LogP contribution < -0.4 is 0 Å². The van der Waals surface area contributed by atoms with E-state index in [1.807, 2.05) is 0 Å². The van der Waals surface area contributed by atoms with E-state index >= 15 is 0 Å². The summed E-state index contributed by atoms with van der Waals surface area (Å²) in [6.07, 6.45) is 3.47. The van der Waals surface area contributed by atoms with Crippen LogP contribution in [0, 0.1) is 5.82 Å². The highest BCUT2D eigenvalue weighted by molar-refractivity contribution is 5.82. The molecule has 0 aliphatic heterocycles. The van der Waals surface area contributed by atoms with E-state index in [0.29, 0.717) is 18.4 Å². The quantitative estimate of drug-likeness (QED) is 0.895. The van der Waals surface area contributed by atoms with Gasteiger partial charge < -0.3 is 5.11 Å². The molecule has 0 atom stereocenters. The minimum Gasteiger partial charge on any atom is -0.481 e. The Hall–Kier alpha value is -1.45. The van der Waals surface area contributed by atoms with Crippen molar-refractivity contribution in [2.24, 2.45) is 0 Å². The maximum Gasteiger partial charge on any atom is 0.314 e. The van der Waals surface area contributed by atoms with Crippen molar-refractivity contribution in [1.29, 1.82) is 0 Å². The van der Waals surface area contributed by atoms with Gasteiger partial charge in [0.15, 0.2) is 0 Å². The number of carboxylic acid groups (broad SMARTS) is 1. The average Bonchev–Trinajstić information content (AvgIpc) is 2.39. The highest BCUT2D eigenvalue weighted by atomic mass is 19.1. The van der Waals surface area contributed by atoms with Crippen LogP contribution in [0.3, 0.4) is 0 Å². The SMILES string of the molecule is O=C(O)C1(c2cccc(F)c2CF)CCCCC1. The van der Waals surface area contributed by atoms with Crippen molar-refractivity contribution < 1.29 is 18.7 Å². The van der Waals surface area contributed by atoms with Gasteiger partial charge in [0.05, 0.1) is 5.41 Å². The van der Waals surface area contributed by atoms with E-state index in [9.17, 15) is 18.7 Å². The van der Waals surface area contributed by atoms with E-state index in [1.165, 1.54) is 12.1 Å². The predicted molar refractivity (Wildman–Crippen MR) is 63.6 cm³/mol. The minimum absolute atomic E-state index is 0.0956. The summed E-state index contributed by atoms with van der Waals surface area (Å²) >= 11 is 0. The maximum atomic E-state index is 13.6. The standard InChI is InChI=1S/C14H16F2O2/c15-9-10-11(5-4-6-12(10)16)14(13(17)18)7-2-1-3-8-14/h4-6H,1-3,7-9H2,(H,17,18). The highest BCUT2D eigenvalue weighted by Crippen LogP contribution is 2.41. The Bertz CT molecular complexity index is 451. The fraction of sp³-hybridized carbons (Fsp3) is 0.500. The molecule has 0 aromatic heterocycles. The summed E-state index contributed by atoms with van der Waals surface area (Å²) < 4.78 is 26.6. The fourth-order valence-corrected chi connectivity index (χ4v) is 2.90. The lowest BCUT2D eigenvalue weighted by atomic mass is 9.68. The average molecular weight is 254 g/mol. The molecule has 1 aliphatic rings. The molecule has 1 fully saturated rings. The van der Waals surface area contributed by atoms with Crippen LogP contribution in [0.15, 0.2) is 18.2 Å². The molecule has 0 bridgehead atoms. The molecule has 0 radical (unpaired) electrons. The Morgan fingerprint density at radius 2 is 1.94 bits per heavy atom. The second kappa shape index (κ2) is 5.04. The third-order valence-electron chi connectivity index (χ3n) is 3.88. The van der Waals surface area contributed by atoms with Gasteiger partial charge in [-0.15, -0.1) is 0 Å². The fourth-order valence-electron chi connectivity index (χ4n) is 2.90. The van der Waals surface area contributed by atoms with E-state index in [2.05, 4.69) is 0 Å². The largest absolute Gasteiger partial charge is 0.481 e. The van der Waals surface area contributed by atoms with Crippen LogP contribution in [-0.2, 0) is 16.9 Å². The van der Waals surface area contributed by atoms with Crippen LogP contribution in [0.2, 0.25) is 0 Å². The first-order chi connectivity index (χ1) is 8.62. The lowest BCUT2D eigenvalue weighted by molar-refractivity contribution is -0.145. The first kappa shape index (κ1) is 13.0. The molecule has 1 aromatic carbocycles.